The molecule has 2 aromatic heterocycles. The maximum Gasteiger partial charge on any atom is 0.277 e. The number of nitrogens with one attached hydrogen (secondary N) is 1. The number of fused-ring (bicyclic) bond motifs is 1. The predicted octanol–water partition coefficient (Wildman–Crippen LogP) is 3.58. The summed E-state index contributed by atoms with van der Waals surface area (Å²) in [6.07, 6.45) is 5.63. The third kappa shape index (κ3) is 3.43. The van der Waals surface area contributed by atoms with Crippen LogP contribution >= 0.6 is 0 Å². The third-order valence-electron chi connectivity index (χ3n) is 5.08. The van der Waals surface area contributed by atoms with Gasteiger partial charge in [0.1, 0.15) is 5.65 Å². The molecule has 3 aromatic rings. The first-order valence-corrected chi connectivity index (χ1v) is 11.2. The van der Waals surface area contributed by atoms with Crippen molar-refractivity contribution in [3.63, 3.8) is 0 Å². The largest absolute Gasteiger partial charge is 0.328 e. The van der Waals surface area contributed by atoms with E-state index < -0.39 is 9.73 Å². The molecule has 4 rings (SSSR count). The van der Waals surface area contributed by atoms with Gasteiger partial charge in [-0.05, 0) is 36.5 Å². The molecule has 1 saturated carbocycles. The molecule has 1 aliphatic carbocycles. The standard InChI is InChI=1S/C20H24N4O2S/c1-13(2)17-12-23(11-14-4-8-16(9-5-14)27(3,21)26)19-10-18(15-6-7-15)22-24(19)20(17)25/h4-5,8-10,12-13,15,21H,6-7,11H2,1-3H3/t27-/m1/s1. The molecule has 0 aliphatic heterocycles. The number of rotatable bonds is 5. The Morgan fingerprint density at radius 3 is 2.48 bits per heavy atom. The van der Waals surface area contributed by atoms with Gasteiger partial charge in [0.25, 0.3) is 5.56 Å². The summed E-state index contributed by atoms with van der Waals surface area (Å²) in [6.45, 7) is 4.61. The van der Waals surface area contributed by atoms with Crippen LogP contribution in [0.2, 0.25) is 0 Å². The Hall–Kier alpha value is -2.41. The van der Waals surface area contributed by atoms with Crippen molar-refractivity contribution in [2.24, 2.45) is 0 Å². The minimum Gasteiger partial charge on any atom is -0.328 e. The smallest absolute Gasteiger partial charge is 0.277 e. The summed E-state index contributed by atoms with van der Waals surface area (Å²) in [4.78, 5) is 13.3. The zero-order valence-corrected chi connectivity index (χ0v) is 16.6. The van der Waals surface area contributed by atoms with Gasteiger partial charge in [-0.3, -0.25) is 4.79 Å². The van der Waals surface area contributed by atoms with Crippen molar-refractivity contribution in [3.05, 3.63) is 63.7 Å². The van der Waals surface area contributed by atoms with Gasteiger partial charge in [0.15, 0.2) is 0 Å². The molecular formula is C20H24N4O2S. The fourth-order valence-corrected chi connectivity index (χ4v) is 3.96. The zero-order chi connectivity index (χ0) is 19.3. The fraction of sp³-hybridized carbons (Fsp3) is 0.400. The van der Waals surface area contributed by atoms with Gasteiger partial charge in [-0.25, -0.2) is 8.99 Å². The Labute approximate surface area is 158 Å². The monoisotopic (exact) mass is 384 g/mol. The Morgan fingerprint density at radius 1 is 1.26 bits per heavy atom. The van der Waals surface area contributed by atoms with Gasteiger partial charge in [-0.15, -0.1) is 0 Å². The van der Waals surface area contributed by atoms with Crippen LogP contribution in [-0.2, 0) is 16.3 Å². The van der Waals surface area contributed by atoms with Crippen molar-refractivity contribution in [1.29, 1.82) is 4.78 Å². The van der Waals surface area contributed by atoms with E-state index in [1.807, 2.05) is 38.2 Å². The van der Waals surface area contributed by atoms with Crippen LogP contribution in [0.4, 0.5) is 0 Å². The molecule has 1 aromatic carbocycles. The van der Waals surface area contributed by atoms with Crippen LogP contribution in [0.5, 0.6) is 0 Å². The number of benzene rings is 1. The van der Waals surface area contributed by atoms with E-state index in [4.69, 9.17) is 4.78 Å². The first-order valence-electron chi connectivity index (χ1n) is 9.20. The van der Waals surface area contributed by atoms with E-state index in [1.165, 1.54) is 6.26 Å². The van der Waals surface area contributed by atoms with Gasteiger partial charge in [0, 0.05) is 41.4 Å². The summed E-state index contributed by atoms with van der Waals surface area (Å²) in [5.41, 5.74) is 3.52. The Balaban J connectivity index is 1.80. The predicted molar refractivity (Wildman–Crippen MR) is 106 cm³/mol. The molecule has 0 saturated heterocycles. The molecule has 1 N–H and O–H groups in total. The van der Waals surface area contributed by atoms with Crippen LogP contribution in [0.15, 0.2) is 46.2 Å². The number of hydrogen-bond acceptors (Lipinski definition) is 4. The highest BCUT2D eigenvalue weighted by Crippen LogP contribution is 2.39. The Kier molecular flexibility index (Phi) is 4.22. The quantitative estimate of drug-likeness (QED) is 0.730. The van der Waals surface area contributed by atoms with E-state index in [0.29, 0.717) is 17.4 Å². The number of aromatic nitrogens is 3. The summed E-state index contributed by atoms with van der Waals surface area (Å²) in [5.74, 6) is 0.589. The third-order valence-corrected chi connectivity index (χ3v) is 6.25. The summed E-state index contributed by atoms with van der Waals surface area (Å²) in [5, 5.41) is 4.59. The fourth-order valence-electron chi connectivity index (χ4n) is 3.31. The maximum atomic E-state index is 12.8. The second kappa shape index (κ2) is 6.34. The van der Waals surface area contributed by atoms with Crippen LogP contribution < -0.4 is 5.56 Å². The van der Waals surface area contributed by atoms with Crippen molar-refractivity contribution in [3.8, 4) is 0 Å². The topological polar surface area (TPSA) is 80.2 Å². The number of hydrogen-bond donors (Lipinski definition) is 1. The van der Waals surface area contributed by atoms with E-state index in [9.17, 15) is 9.00 Å². The van der Waals surface area contributed by atoms with Gasteiger partial charge in [0.05, 0.1) is 15.4 Å². The second-order valence-corrected chi connectivity index (χ2v) is 9.93. The van der Waals surface area contributed by atoms with Gasteiger partial charge < -0.3 is 4.57 Å². The molecule has 1 atom stereocenters. The molecule has 27 heavy (non-hydrogen) atoms. The van der Waals surface area contributed by atoms with Crippen LogP contribution in [0.3, 0.4) is 0 Å². The molecule has 1 fully saturated rings. The average molecular weight is 385 g/mol. The van der Waals surface area contributed by atoms with E-state index in [0.717, 1.165) is 35.3 Å². The highest BCUT2D eigenvalue weighted by Gasteiger charge is 2.27. The lowest BCUT2D eigenvalue weighted by Gasteiger charge is -2.13. The molecule has 142 valence electrons. The highest BCUT2D eigenvalue weighted by molar-refractivity contribution is 7.91. The molecule has 1 aliphatic rings. The average Bonchev–Trinajstić information content (AvgIpc) is 3.35. The van der Waals surface area contributed by atoms with Crippen molar-refractivity contribution in [1.82, 2.24) is 14.2 Å². The zero-order valence-electron chi connectivity index (χ0n) is 15.8. The lowest BCUT2D eigenvalue weighted by Crippen LogP contribution is -2.24. The van der Waals surface area contributed by atoms with Crippen LogP contribution in [-0.4, -0.2) is 24.6 Å². The first kappa shape index (κ1) is 18.0. The summed E-state index contributed by atoms with van der Waals surface area (Å²) >= 11 is 0. The van der Waals surface area contributed by atoms with Crippen LogP contribution in [0.25, 0.3) is 5.65 Å². The molecule has 6 nitrogen and oxygen atoms in total. The van der Waals surface area contributed by atoms with E-state index in [-0.39, 0.29) is 11.5 Å². The minimum absolute atomic E-state index is 0.0431. The SMILES string of the molecule is CC(C)c1cn(Cc2ccc([S@](C)(=N)=O)cc2)c2cc(C3CC3)nn2c1=O. The first-order chi connectivity index (χ1) is 12.7. The lowest BCUT2D eigenvalue weighted by molar-refractivity contribution is 0.678. The molecule has 0 spiro atoms. The molecular weight excluding hydrogens is 360 g/mol. The minimum atomic E-state index is -2.71. The summed E-state index contributed by atoms with van der Waals surface area (Å²) < 4.78 is 23.2. The van der Waals surface area contributed by atoms with Gasteiger partial charge in [0.2, 0.25) is 0 Å². The van der Waals surface area contributed by atoms with Gasteiger partial charge in [-0.2, -0.15) is 9.61 Å². The number of nitrogens with zero attached hydrogens (tertiary/aromatic N) is 3. The molecule has 2 heterocycles. The normalized spacial score (nSPS) is 16.7. The molecule has 0 unspecified atom stereocenters. The molecule has 0 radical (unpaired) electrons. The summed E-state index contributed by atoms with van der Waals surface area (Å²) in [6, 6.07) is 9.32. The molecule has 0 amide bonds. The van der Waals surface area contributed by atoms with Crippen LogP contribution in [0, 0.1) is 4.78 Å². The van der Waals surface area contributed by atoms with E-state index in [2.05, 4.69) is 9.67 Å². The van der Waals surface area contributed by atoms with Crippen molar-refractivity contribution in [2.45, 2.75) is 50.0 Å². The maximum absolute atomic E-state index is 12.8. The van der Waals surface area contributed by atoms with Crippen molar-refractivity contribution in [2.75, 3.05) is 6.26 Å². The molecule has 7 heteroatoms. The lowest BCUT2D eigenvalue weighted by atomic mass is 10.1. The Bertz CT molecular complexity index is 1170. The van der Waals surface area contributed by atoms with Crippen LogP contribution in [0.1, 0.15) is 55.3 Å². The van der Waals surface area contributed by atoms with Gasteiger partial charge in [-0.1, -0.05) is 26.0 Å². The van der Waals surface area contributed by atoms with Crippen molar-refractivity contribution < 1.29 is 4.21 Å². The summed E-state index contributed by atoms with van der Waals surface area (Å²) in [7, 11) is -2.71. The second-order valence-electron chi connectivity index (χ2n) is 7.77. The van der Waals surface area contributed by atoms with E-state index >= 15 is 0 Å². The van der Waals surface area contributed by atoms with E-state index in [1.54, 1.807) is 16.6 Å². The highest BCUT2D eigenvalue weighted by atomic mass is 32.2. The van der Waals surface area contributed by atoms with Gasteiger partial charge >= 0.3 is 0 Å². The Morgan fingerprint density at radius 2 is 1.93 bits per heavy atom. The molecule has 0 bridgehead atoms. The van der Waals surface area contributed by atoms with Crippen molar-refractivity contribution >= 4 is 15.4 Å².